The van der Waals surface area contributed by atoms with Crippen LogP contribution in [0, 0.1) is 5.92 Å². The number of nitrogens with zero attached hydrogens (tertiary/aromatic N) is 2. The van der Waals surface area contributed by atoms with Crippen molar-refractivity contribution < 1.29 is 4.74 Å². The van der Waals surface area contributed by atoms with E-state index in [1.165, 1.54) is 18.5 Å². The van der Waals surface area contributed by atoms with Crippen molar-refractivity contribution in [3.8, 4) is 0 Å². The molecule has 0 radical (unpaired) electrons. The first-order valence-corrected chi connectivity index (χ1v) is 6.08. The minimum absolute atomic E-state index is 0.457. The average Bonchev–Trinajstić information content (AvgIpc) is 2.68. The molecule has 0 aliphatic heterocycles. The lowest BCUT2D eigenvalue weighted by molar-refractivity contribution is -0.0411. The summed E-state index contributed by atoms with van der Waals surface area (Å²) in [5.41, 5.74) is 1.18. The summed E-state index contributed by atoms with van der Waals surface area (Å²) >= 11 is 0. The van der Waals surface area contributed by atoms with Crippen molar-refractivity contribution in [3.05, 3.63) is 18.2 Å². The first kappa shape index (κ1) is 11.6. The van der Waals surface area contributed by atoms with Crippen LogP contribution in [0.1, 0.15) is 25.5 Å². The molecule has 1 aromatic rings. The normalized spacial score (nSPS) is 24.4. The van der Waals surface area contributed by atoms with E-state index in [-0.39, 0.29) is 0 Å². The zero-order valence-corrected chi connectivity index (χ0v) is 10.1. The predicted molar refractivity (Wildman–Crippen MR) is 63.1 cm³/mol. The van der Waals surface area contributed by atoms with Gasteiger partial charge in [-0.25, -0.2) is 4.98 Å². The van der Waals surface area contributed by atoms with Crippen LogP contribution >= 0.6 is 0 Å². The molecular weight excluding hydrogens is 202 g/mol. The third-order valence-corrected chi connectivity index (χ3v) is 3.29. The Kier molecular flexibility index (Phi) is 3.96. The maximum Gasteiger partial charge on any atom is 0.0948 e. The molecule has 1 aromatic heterocycles. The fraction of sp³-hybridized carbons (Fsp3) is 0.750. The van der Waals surface area contributed by atoms with Crippen LogP contribution in [0.2, 0.25) is 0 Å². The van der Waals surface area contributed by atoms with Gasteiger partial charge in [0.1, 0.15) is 0 Å². The maximum absolute atomic E-state index is 5.85. The molecule has 0 bridgehead atoms. The quantitative estimate of drug-likeness (QED) is 0.792. The number of aryl methyl sites for hydroxylation is 1. The molecule has 0 atom stereocenters. The van der Waals surface area contributed by atoms with E-state index in [0.29, 0.717) is 12.7 Å². The molecule has 1 N–H and O–H groups in total. The summed E-state index contributed by atoms with van der Waals surface area (Å²) in [5, 5.41) is 3.21. The summed E-state index contributed by atoms with van der Waals surface area (Å²) in [6.45, 7) is 4.90. The zero-order chi connectivity index (χ0) is 11.4. The van der Waals surface area contributed by atoms with Crippen LogP contribution in [0.25, 0.3) is 0 Å². The van der Waals surface area contributed by atoms with Gasteiger partial charge < -0.3 is 14.6 Å². The molecule has 1 heterocycles. The number of rotatable bonds is 6. The fourth-order valence-corrected chi connectivity index (χ4v) is 2.22. The van der Waals surface area contributed by atoms with E-state index in [0.717, 1.165) is 19.0 Å². The Labute approximate surface area is 97.0 Å². The first-order valence-electron chi connectivity index (χ1n) is 6.08. The van der Waals surface area contributed by atoms with Crippen LogP contribution < -0.4 is 5.32 Å². The molecule has 4 heteroatoms. The third-order valence-electron chi connectivity index (χ3n) is 3.29. The van der Waals surface area contributed by atoms with Crippen LogP contribution in [-0.4, -0.2) is 29.2 Å². The molecule has 0 spiro atoms. The van der Waals surface area contributed by atoms with E-state index in [4.69, 9.17) is 4.74 Å². The van der Waals surface area contributed by atoms with Gasteiger partial charge >= 0.3 is 0 Å². The molecule has 0 unspecified atom stereocenters. The van der Waals surface area contributed by atoms with E-state index < -0.39 is 0 Å². The molecule has 4 nitrogen and oxygen atoms in total. The number of nitrogens with one attached hydrogen (secondary N) is 1. The third kappa shape index (κ3) is 2.62. The highest BCUT2D eigenvalue weighted by Crippen LogP contribution is 2.29. The second-order valence-corrected chi connectivity index (χ2v) is 4.50. The topological polar surface area (TPSA) is 39.1 Å². The second kappa shape index (κ2) is 5.46. The molecule has 1 aliphatic rings. The Balaban J connectivity index is 1.69. The van der Waals surface area contributed by atoms with Crippen LogP contribution in [-0.2, 0) is 17.9 Å². The van der Waals surface area contributed by atoms with Gasteiger partial charge in [0.15, 0.2) is 0 Å². The van der Waals surface area contributed by atoms with Gasteiger partial charge in [-0.1, -0.05) is 0 Å². The van der Waals surface area contributed by atoms with Crippen molar-refractivity contribution in [1.82, 2.24) is 14.9 Å². The van der Waals surface area contributed by atoms with E-state index in [9.17, 15) is 0 Å². The lowest BCUT2D eigenvalue weighted by atomic mass is 9.82. The molecule has 1 aliphatic carbocycles. The Morgan fingerprint density at radius 2 is 2.38 bits per heavy atom. The molecule has 0 saturated heterocycles. The molecule has 90 valence electrons. The van der Waals surface area contributed by atoms with Crippen molar-refractivity contribution >= 4 is 0 Å². The number of hydrogen-bond donors (Lipinski definition) is 1. The van der Waals surface area contributed by atoms with Gasteiger partial charge in [0.05, 0.1) is 30.9 Å². The molecule has 0 amide bonds. The lowest BCUT2D eigenvalue weighted by Crippen LogP contribution is -2.36. The van der Waals surface area contributed by atoms with Crippen LogP contribution in [0.4, 0.5) is 0 Å². The van der Waals surface area contributed by atoms with Crippen molar-refractivity contribution in [2.24, 2.45) is 5.92 Å². The molecule has 0 aromatic carbocycles. The average molecular weight is 223 g/mol. The van der Waals surface area contributed by atoms with Crippen molar-refractivity contribution in [2.75, 3.05) is 13.6 Å². The van der Waals surface area contributed by atoms with Crippen LogP contribution in [0.15, 0.2) is 12.5 Å². The molecule has 16 heavy (non-hydrogen) atoms. The highest BCUT2D eigenvalue weighted by molar-refractivity contribution is 4.96. The molecule has 2 rings (SSSR count). The predicted octanol–water partition coefficient (Wildman–Crippen LogP) is 1.42. The number of hydrogen-bond acceptors (Lipinski definition) is 3. The Bertz CT molecular complexity index is 318. The number of ether oxygens (including phenoxy) is 1. The van der Waals surface area contributed by atoms with Crippen LogP contribution in [0.5, 0.6) is 0 Å². The van der Waals surface area contributed by atoms with Crippen molar-refractivity contribution in [3.63, 3.8) is 0 Å². The largest absolute Gasteiger partial charge is 0.372 e. The maximum atomic E-state index is 5.85. The monoisotopic (exact) mass is 223 g/mol. The highest BCUT2D eigenvalue weighted by Gasteiger charge is 2.29. The fourth-order valence-electron chi connectivity index (χ4n) is 2.22. The summed E-state index contributed by atoms with van der Waals surface area (Å²) in [4.78, 5) is 4.13. The van der Waals surface area contributed by atoms with E-state index >= 15 is 0 Å². The Hall–Kier alpha value is -0.870. The summed E-state index contributed by atoms with van der Waals surface area (Å²) in [6, 6.07) is 0. The molecular formula is C12H21N3O. The minimum Gasteiger partial charge on any atom is -0.372 e. The second-order valence-electron chi connectivity index (χ2n) is 4.50. The summed E-state index contributed by atoms with van der Waals surface area (Å²) < 4.78 is 7.98. The van der Waals surface area contributed by atoms with E-state index in [1.54, 1.807) is 0 Å². The first-order chi connectivity index (χ1) is 7.83. The van der Waals surface area contributed by atoms with E-state index in [2.05, 4.69) is 21.8 Å². The minimum atomic E-state index is 0.457. The summed E-state index contributed by atoms with van der Waals surface area (Å²) in [7, 11) is 2.01. The lowest BCUT2D eigenvalue weighted by Gasteiger charge is -2.35. The highest BCUT2D eigenvalue weighted by atomic mass is 16.5. The van der Waals surface area contributed by atoms with Gasteiger partial charge in [-0.05, 0) is 39.3 Å². The molecule has 1 saturated carbocycles. The van der Waals surface area contributed by atoms with Crippen molar-refractivity contribution in [2.45, 2.75) is 39.0 Å². The van der Waals surface area contributed by atoms with Crippen molar-refractivity contribution in [1.29, 1.82) is 0 Å². The van der Waals surface area contributed by atoms with Crippen LogP contribution in [0.3, 0.4) is 0 Å². The van der Waals surface area contributed by atoms with Gasteiger partial charge in [0.25, 0.3) is 0 Å². The van der Waals surface area contributed by atoms with Gasteiger partial charge in [0.2, 0.25) is 0 Å². The zero-order valence-electron chi connectivity index (χ0n) is 10.1. The molecule has 1 fully saturated rings. The van der Waals surface area contributed by atoms with Gasteiger partial charge in [-0.15, -0.1) is 0 Å². The Morgan fingerprint density at radius 3 is 3.06 bits per heavy atom. The summed E-state index contributed by atoms with van der Waals surface area (Å²) in [6.07, 6.45) is 6.61. The Morgan fingerprint density at radius 1 is 1.56 bits per heavy atom. The van der Waals surface area contributed by atoms with Gasteiger partial charge in [0, 0.05) is 6.54 Å². The van der Waals surface area contributed by atoms with E-state index in [1.807, 2.05) is 19.6 Å². The summed E-state index contributed by atoms with van der Waals surface area (Å²) in [5.74, 6) is 0.811. The smallest absolute Gasteiger partial charge is 0.0948 e. The number of imidazole rings is 1. The van der Waals surface area contributed by atoms with Gasteiger partial charge in [-0.2, -0.15) is 0 Å². The SMILES string of the molecule is CCn1cncc1COC1CC(CNC)C1. The number of aromatic nitrogens is 2. The van der Waals surface area contributed by atoms with Gasteiger partial charge in [-0.3, -0.25) is 0 Å². The standard InChI is InChI=1S/C12H21N3O/c1-3-15-9-14-7-11(15)8-16-12-4-10(5-12)6-13-2/h7,9-10,12-13H,3-6,8H2,1-2H3.